The van der Waals surface area contributed by atoms with Crippen LogP contribution in [0.3, 0.4) is 0 Å². The summed E-state index contributed by atoms with van der Waals surface area (Å²) in [5, 5.41) is 9.03. The molecule has 0 unspecified atom stereocenters. The summed E-state index contributed by atoms with van der Waals surface area (Å²) < 4.78 is 0. The molecule has 82 valence electrons. The number of nitrogens with zero attached hydrogens (tertiary/aromatic N) is 1. The van der Waals surface area contributed by atoms with Crippen LogP contribution in [0.1, 0.15) is 39.5 Å². The molecular formula is C11H21NO2. The molecule has 0 spiro atoms. The van der Waals surface area contributed by atoms with Crippen molar-refractivity contribution in [2.24, 2.45) is 5.92 Å². The van der Waals surface area contributed by atoms with Crippen LogP contribution in [0.15, 0.2) is 0 Å². The first-order chi connectivity index (χ1) is 6.61. The Morgan fingerprint density at radius 2 is 2.21 bits per heavy atom. The van der Waals surface area contributed by atoms with Gasteiger partial charge in [0.2, 0.25) is 0 Å². The quantitative estimate of drug-likeness (QED) is 0.752. The van der Waals surface area contributed by atoms with Crippen molar-refractivity contribution in [1.29, 1.82) is 0 Å². The predicted octanol–water partition coefficient (Wildman–Crippen LogP) is 1.97. The smallest absolute Gasteiger partial charge is 0.320 e. The number of rotatable bonds is 4. The molecule has 0 aromatic heterocycles. The zero-order chi connectivity index (χ0) is 10.6. The van der Waals surface area contributed by atoms with E-state index >= 15 is 0 Å². The van der Waals surface area contributed by atoms with Gasteiger partial charge in [-0.25, -0.2) is 0 Å². The van der Waals surface area contributed by atoms with E-state index in [1.807, 2.05) is 0 Å². The number of aliphatic carboxylic acids is 1. The number of hydrogen-bond acceptors (Lipinski definition) is 2. The molecule has 1 atom stereocenters. The van der Waals surface area contributed by atoms with Crippen LogP contribution in [0.2, 0.25) is 0 Å². The van der Waals surface area contributed by atoms with Crippen molar-refractivity contribution in [3.05, 3.63) is 0 Å². The standard InChI is InChI=1S/C11H21NO2/c1-9(2)6-8-12-7-4-3-5-10(12)11(13)14/h9-10H,3-8H2,1-2H3,(H,13,14)/t10-/m0/s1. The monoisotopic (exact) mass is 199 g/mol. The Bertz CT molecular complexity index is 192. The first-order valence-electron chi connectivity index (χ1n) is 5.58. The Morgan fingerprint density at radius 1 is 1.50 bits per heavy atom. The molecule has 1 saturated heterocycles. The third kappa shape index (κ3) is 3.29. The lowest BCUT2D eigenvalue weighted by Gasteiger charge is -2.33. The van der Waals surface area contributed by atoms with Gasteiger partial charge in [-0.05, 0) is 38.3 Å². The van der Waals surface area contributed by atoms with Gasteiger partial charge in [-0.3, -0.25) is 9.69 Å². The van der Waals surface area contributed by atoms with Gasteiger partial charge < -0.3 is 5.11 Å². The average Bonchev–Trinajstić information content (AvgIpc) is 2.15. The lowest BCUT2D eigenvalue weighted by molar-refractivity contribution is -0.144. The van der Waals surface area contributed by atoms with E-state index in [0.29, 0.717) is 5.92 Å². The van der Waals surface area contributed by atoms with E-state index in [4.69, 9.17) is 5.11 Å². The first-order valence-corrected chi connectivity index (χ1v) is 5.58. The molecule has 1 rings (SSSR count). The molecule has 14 heavy (non-hydrogen) atoms. The van der Waals surface area contributed by atoms with Crippen molar-refractivity contribution in [3.63, 3.8) is 0 Å². The minimum absolute atomic E-state index is 0.220. The van der Waals surface area contributed by atoms with Crippen LogP contribution < -0.4 is 0 Å². The van der Waals surface area contributed by atoms with Crippen molar-refractivity contribution in [2.45, 2.75) is 45.6 Å². The lowest BCUT2D eigenvalue weighted by Crippen LogP contribution is -2.45. The second-order valence-corrected chi connectivity index (χ2v) is 4.57. The molecule has 1 heterocycles. The summed E-state index contributed by atoms with van der Waals surface area (Å²) in [5.74, 6) is 0.0137. The Kier molecular flexibility index (Phi) is 4.39. The Balaban J connectivity index is 2.42. The molecule has 1 aliphatic rings. The van der Waals surface area contributed by atoms with E-state index in [2.05, 4.69) is 18.7 Å². The fraction of sp³-hybridized carbons (Fsp3) is 0.909. The van der Waals surface area contributed by atoms with Gasteiger partial charge in [-0.1, -0.05) is 20.3 Å². The zero-order valence-electron chi connectivity index (χ0n) is 9.20. The molecule has 0 bridgehead atoms. The van der Waals surface area contributed by atoms with E-state index in [-0.39, 0.29) is 6.04 Å². The molecule has 3 nitrogen and oxygen atoms in total. The second-order valence-electron chi connectivity index (χ2n) is 4.57. The van der Waals surface area contributed by atoms with Gasteiger partial charge in [0.15, 0.2) is 0 Å². The van der Waals surface area contributed by atoms with Crippen LogP contribution in [-0.4, -0.2) is 35.1 Å². The summed E-state index contributed by atoms with van der Waals surface area (Å²) in [6.45, 7) is 6.26. The molecule has 0 saturated carbocycles. The van der Waals surface area contributed by atoms with Crippen LogP contribution in [0.25, 0.3) is 0 Å². The highest BCUT2D eigenvalue weighted by Gasteiger charge is 2.27. The highest BCUT2D eigenvalue weighted by Crippen LogP contribution is 2.18. The van der Waals surface area contributed by atoms with Crippen molar-refractivity contribution in [3.8, 4) is 0 Å². The van der Waals surface area contributed by atoms with E-state index in [0.717, 1.165) is 38.8 Å². The number of carboxylic acids is 1. The SMILES string of the molecule is CC(C)CCN1CCCC[C@H]1C(=O)O. The molecule has 1 N–H and O–H groups in total. The van der Waals surface area contributed by atoms with Gasteiger partial charge in [0, 0.05) is 0 Å². The normalized spacial score (nSPS) is 24.1. The fourth-order valence-electron chi connectivity index (χ4n) is 1.96. The molecule has 0 aliphatic carbocycles. The third-order valence-corrected chi connectivity index (χ3v) is 2.89. The van der Waals surface area contributed by atoms with Gasteiger partial charge in [-0.2, -0.15) is 0 Å². The highest BCUT2D eigenvalue weighted by atomic mass is 16.4. The maximum Gasteiger partial charge on any atom is 0.320 e. The third-order valence-electron chi connectivity index (χ3n) is 2.89. The Labute approximate surface area is 86.1 Å². The van der Waals surface area contributed by atoms with Crippen molar-refractivity contribution < 1.29 is 9.90 Å². The number of carbonyl (C=O) groups is 1. The van der Waals surface area contributed by atoms with Gasteiger partial charge in [0.25, 0.3) is 0 Å². The maximum atomic E-state index is 11.0. The lowest BCUT2D eigenvalue weighted by atomic mass is 10.0. The number of likely N-dealkylation sites (tertiary alicyclic amines) is 1. The van der Waals surface area contributed by atoms with Gasteiger partial charge in [-0.15, -0.1) is 0 Å². The summed E-state index contributed by atoms with van der Waals surface area (Å²) in [7, 11) is 0. The predicted molar refractivity (Wildman–Crippen MR) is 56.3 cm³/mol. The number of hydrogen-bond donors (Lipinski definition) is 1. The van der Waals surface area contributed by atoms with Crippen molar-refractivity contribution in [2.75, 3.05) is 13.1 Å². The molecule has 0 aromatic carbocycles. The average molecular weight is 199 g/mol. The first kappa shape index (κ1) is 11.5. The summed E-state index contributed by atoms with van der Waals surface area (Å²) in [5.41, 5.74) is 0. The van der Waals surface area contributed by atoms with Gasteiger partial charge >= 0.3 is 5.97 Å². The van der Waals surface area contributed by atoms with E-state index in [1.165, 1.54) is 0 Å². The van der Waals surface area contributed by atoms with Crippen LogP contribution in [0.4, 0.5) is 0 Å². The van der Waals surface area contributed by atoms with Crippen LogP contribution in [0, 0.1) is 5.92 Å². The van der Waals surface area contributed by atoms with Crippen LogP contribution in [0.5, 0.6) is 0 Å². The summed E-state index contributed by atoms with van der Waals surface area (Å²) in [6.07, 6.45) is 4.15. The molecule has 1 aliphatic heterocycles. The summed E-state index contributed by atoms with van der Waals surface area (Å²) in [6, 6.07) is -0.220. The molecular weight excluding hydrogens is 178 g/mol. The van der Waals surface area contributed by atoms with Crippen molar-refractivity contribution in [1.82, 2.24) is 4.90 Å². The second kappa shape index (κ2) is 5.35. The van der Waals surface area contributed by atoms with Crippen LogP contribution >= 0.6 is 0 Å². The minimum Gasteiger partial charge on any atom is -0.480 e. The van der Waals surface area contributed by atoms with Gasteiger partial charge in [0.05, 0.1) is 0 Å². The number of piperidine rings is 1. The molecule has 3 heteroatoms. The summed E-state index contributed by atoms with van der Waals surface area (Å²) in [4.78, 5) is 13.1. The number of carboxylic acid groups (broad SMARTS) is 1. The highest BCUT2D eigenvalue weighted by molar-refractivity contribution is 5.73. The van der Waals surface area contributed by atoms with Gasteiger partial charge in [0.1, 0.15) is 6.04 Å². The largest absolute Gasteiger partial charge is 0.480 e. The minimum atomic E-state index is -0.645. The van der Waals surface area contributed by atoms with E-state index in [1.54, 1.807) is 0 Å². The zero-order valence-corrected chi connectivity index (χ0v) is 9.20. The molecule has 0 amide bonds. The molecule has 0 radical (unpaired) electrons. The Hall–Kier alpha value is -0.570. The van der Waals surface area contributed by atoms with Crippen molar-refractivity contribution >= 4 is 5.97 Å². The van der Waals surface area contributed by atoms with E-state index < -0.39 is 5.97 Å². The summed E-state index contributed by atoms with van der Waals surface area (Å²) >= 11 is 0. The molecule has 0 aromatic rings. The van der Waals surface area contributed by atoms with E-state index in [9.17, 15) is 4.79 Å². The van der Waals surface area contributed by atoms with Crippen LogP contribution in [-0.2, 0) is 4.79 Å². The molecule has 1 fully saturated rings. The Morgan fingerprint density at radius 3 is 2.79 bits per heavy atom. The maximum absolute atomic E-state index is 11.0. The fourth-order valence-corrected chi connectivity index (χ4v) is 1.96. The topological polar surface area (TPSA) is 40.5 Å².